The van der Waals surface area contributed by atoms with Crippen molar-refractivity contribution in [2.45, 2.75) is 32.1 Å². The molecule has 0 bridgehead atoms. The van der Waals surface area contributed by atoms with Gasteiger partial charge in [-0.3, -0.25) is 5.41 Å². The van der Waals surface area contributed by atoms with Gasteiger partial charge in [-0.05, 0) is 49.5 Å². The second-order valence-electron chi connectivity index (χ2n) is 5.54. The van der Waals surface area contributed by atoms with E-state index < -0.39 is 0 Å². The van der Waals surface area contributed by atoms with Gasteiger partial charge in [0.05, 0.1) is 5.56 Å². The number of nitrogens with one attached hydrogen (secondary N) is 1. The predicted octanol–water partition coefficient (Wildman–Crippen LogP) is 2.19. The quantitative estimate of drug-likeness (QED) is 0.647. The second-order valence-corrected chi connectivity index (χ2v) is 6.76. The molecule has 20 heavy (non-hydrogen) atoms. The third kappa shape index (κ3) is 2.77. The lowest BCUT2D eigenvalue weighted by molar-refractivity contribution is 0.664. The fraction of sp³-hybridized carbons (Fsp3) is 0.600. The molecule has 0 unspecified atom stereocenters. The molecule has 5 heteroatoms. The Morgan fingerprint density at radius 1 is 1.20 bits per heavy atom. The van der Waals surface area contributed by atoms with Crippen molar-refractivity contribution in [2.75, 3.05) is 29.5 Å². The first-order chi connectivity index (χ1) is 9.75. The molecule has 4 nitrogen and oxygen atoms in total. The van der Waals surface area contributed by atoms with Gasteiger partial charge in [0.1, 0.15) is 11.7 Å². The summed E-state index contributed by atoms with van der Waals surface area (Å²) in [6, 6.07) is 2.12. The molecule has 0 amide bonds. The Labute approximate surface area is 124 Å². The molecule has 2 heterocycles. The van der Waals surface area contributed by atoms with E-state index in [1.54, 1.807) is 0 Å². The minimum atomic E-state index is 0.151. The second kappa shape index (κ2) is 6.04. The highest BCUT2D eigenvalue weighted by Gasteiger charge is 2.21. The van der Waals surface area contributed by atoms with Crippen LogP contribution in [-0.2, 0) is 12.8 Å². The van der Waals surface area contributed by atoms with Crippen LogP contribution in [0, 0.1) is 5.41 Å². The van der Waals surface area contributed by atoms with E-state index in [2.05, 4.69) is 11.0 Å². The molecule has 1 aromatic heterocycles. The number of nitrogens with zero attached hydrogens (tertiary/aromatic N) is 2. The number of nitrogen functional groups attached to an aromatic ring is 1. The molecular weight excluding hydrogens is 268 g/mol. The Morgan fingerprint density at radius 3 is 2.90 bits per heavy atom. The molecule has 3 rings (SSSR count). The maximum absolute atomic E-state index is 7.87. The summed E-state index contributed by atoms with van der Waals surface area (Å²) < 4.78 is 0. The van der Waals surface area contributed by atoms with Crippen molar-refractivity contribution >= 4 is 23.4 Å². The fourth-order valence-corrected chi connectivity index (χ4v) is 3.91. The van der Waals surface area contributed by atoms with Crippen molar-refractivity contribution in [1.82, 2.24) is 4.98 Å². The summed E-state index contributed by atoms with van der Waals surface area (Å²) in [4.78, 5) is 7.22. The van der Waals surface area contributed by atoms with Crippen LogP contribution >= 0.6 is 11.8 Å². The van der Waals surface area contributed by atoms with Gasteiger partial charge in [0.15, 0.2) is 0 Å². The molecule has 0 atom stereocenters. The number of hydrogen-bond donors (Lipinski definition) is 2. The highest BCUT2D eigenvalue weighted by atomic mass is 32.2. The molecule has 3 N–H and O–H groups in total. The zero-order valence-corrected chi connectivity index (χ0v) is 12.6. The molecule has 0 spiro atoms. The average Bonchev–Trinajstić information content (AvgIpc) is 2.74. The molecule has 0 saturated carbocycles. The van der Waals surface area contributed by atoms with E-state index in [4.69, 9.17) is 16.1 Å². The lowest BCUT2D eigenvalue weighted by Gasteiger charge is -2.26. The normalized spacial score (nSPS) is 19.3. The van der Waals surface area contributed by atoms with Gasteiger partial charge in [-0.15, -0.1) is 0 Å². The van der Waals surface area contributed by atoms with Crippen LogP contribution in [0.1, 0.15) is 36.1 Å². The van der Waals surface area contributed by atoms with E-state index in [1.807, 2.05) is 11.8 Å². The SMILES string of the molecule is N=C(N)c1cc2c(nc1N1CCCSCC1)CCCC2. The van der Waals surface area contributed by atoms with Gasteiger partial charge in [0.25, 0.3) is 0 Å². The van der Waals surface area contributed by atoms with Gasteiger partial charge in [0, 0.05) is 24.5 Å². The zero-order chi connectivity index (χ0) is 13.9. The number of aromatic nitrogens is 1. The number of hydrogen-bond acceptors (Lipinski definition) is 4. The molecule has 1 aromatic rings. The number of rotatable bonds is 2. The third-order valence-corrected chi connectivity index (χ3v) is 5.14. The van der Waals surface area contributed by atoms with Gasteiger partial charge in [0.2, 0.25) is 0 Å². The summed E-state index contributed by atoms with van der Waals surface area (Å²) in [5.74, 6) is 3.45. The van der Waals surface area contributed by atoms with E-state index in [0.717, 1.165) is 43.1 Å². The first-order valence-electron chi connectivity index (χ1n) is 7.45. The monoisotopic (exact) mass is 290 g/mol. The van der Waals surface area contributed by atoms with Gasteiger partial charge in [-0.1, -0.05) is 0 Å². The Hall–Kier alpha value is -1.23. The maximum atomic E-state index is 7.87. The van der Waals surface area contributed by atoms with Gasteiger partial charge in [-0.2, -0.15) is 11.8 Å². The first-order valence-corrected chi connectivity index (χ1v) is 8.61. The zero-order valence-electron chi connectivity index (χ0n) is 11.8. The summed E-state index contributed by atoms with van der Waals surface area (Å²) in [7, 11) is 0. The van der Waals surface area contributed by atoms with Crippen molar-refractivity contribution in [3.8, 4) is 0 Å². The van der Waals surface area contributed by atoms with E-state index in [0.29, 0.717) is 0 Å². The van der Waals surface area contributed by atoms with Crippen molar-refractivity contribution < 1.29 is 0 Å². The lowest BCUT2D eigenvalue weighted by Crippen LogP contribution is -2.30. The van der Waals surface area contributed by atoms with Crippen molar-refractivity contribution in [1.29, 1.82) is 5.41 Å². The van der Waals surface area contributed by atoms with Crippen molar-refractivity contribution in [3.63, 3.8) is 0 Å². The summed E-state index contributed by atoms with van der Waals surface area (Å²) in [6.07, 6.45) is 5.79. The Balaban J connectivity index is 2.00. The predicted molar refractivity (Wildman–Crippen MR) is 86.1 cm³/mol. The molecule has 1 aliphatic heterocycles. The molecule has 0 radical (unpaired) electrons. The largest absolute Gasteiger partial charge is 0.384 e. The van der Waals surface area contributed by atoms with Crippen LogP contribution < -0.4 is 10.6 Å². The number of thioether (sulfide) groups is 1. The third-order valence-electron chi connectivity index (χ3n) is 4.09. The van der Waals surface area contributed by atoms with Gasteiger partial charge in [-0.25, -0.2) is 4.98 Å². The van der Waals surface area contributed by atoms with E-state index in [9.17, 15) is 0 Å². The highest BCUT2D eigenvalue weighted by Crippen LogP contribution is 2.27. The topological polar surface area (TPSA) is 66.0 Å². The molecule has 108 valence electrons. The van der Waals surface area contributed by atoms with Gasteiger partial charge >= 0.3 is 0 Å². The molecule has 1 aliphatic carbocycles. The van der Waals surface area contributed by atoms with Crippen LogP contribution in [0.5, 0.6) is 0 Å². The summed E-state index contributed by atoms with van der Waals surface area (Å²) in [5, 5.41) is 7.87. The maximum Gasteiger partial charge on any atom is 0.139 e. The number of aryl methyl sites for hydroxylation is 2. The summed E-state index contributed by atoms with van der Waals surface area (Å²) in [5.41, 5.74) is 9.17. The summed E-state index contributed by atoms with van der Waals surface area (Å²) >= 11 is 2.00. The molecule has 2 aliphatic rings. The Morgan fingerprint density at radius 2 is 2.05 bits per heavy atom. The first kappa shape index (κ1) is 13.7. The van der Waals surface area contributed by atoms with Crippen LogP contribution in [0.2, 0.25) is 0 Å². The number of amidine groups is 1. The lowest BCUT2D eigenvalue weighted by atomic mass is 9.94. The molecular formula is C15H22N4S. The smallest absolute Gasteiger partial charge is 0.139 e. The van der Waals surface area contributed by atoms with Crippen LogP contribution in [0.4, 0.5) is 5.82 Å². The summed E-state index contributed by atoms with van der Waals surface area (Å²) in [6.45, 7) is 2.04. The minimum absolute atomic E-state index is 0.151. The van der Waals surface area contributed by atoms with E-state index in [1.165, 1.54) is 36.3 Å². The number of nitrogens with two attached hydrogens (primary N) is 1. The van der Waals surface area contributed by atoms with Crippen molar-refractivity contribution in [3.05, 3.63) is 22.9 Å². The minimum Gasteiger partial charge on any atom is -0.384 e. The van der Waals surface area contributed by atoms with Gasteiger partial charge < -0.3 is 10.6 Å². The number of pyridine rings is 1. The molecule has 0 aromatic carbocycles. The Kier molecular flexibility index (Phi) is 4.15. The number of fused-ring (bicyclic) bond motifs is 1. The van der Waals surface area contributed by atoms with Crippen molar-refractivity contribution in [2.24, 2.45) is 5.73 Å². The van der Waals surface area contributed by atoms with Crippen LogP contribution in [-0.4, -0.2) is 35.4 Å². The fourth-order valence-electron chi connectivity index (χ4n) is 3.02. The Bertz CT molecular complexity index is 507. The van der Waals surface area contributed by atoms with Crippen LogP contribution in [0.15, 0.2) is 6.07 Å². The molecule has 1 fully saturated rings. The number of anilines is 1. The van der Waals surface area contributed by atoms with Crippen LogP contribution in [0.25, 0.3) is 0 Å². The highest BCUT2D eigenvalue weighted by molar-refractivity contribution is 7.99. The van der Waals surface area contributed by atoms with E-state index in [-0.39, 0.29) is 5.84 Å². The standard InChI is InChI=1S/C15H22N4S/c16-14(17)12-10-11-4-1-2-5-13(11)18-15(12)19-6-3-8-20-9-7-19/h10H,1-9H2,(H3,16,17). The van der Waals surface area contributed by atoms with E-state index >= 15 is 0 Å². The molecule has 1 saturated heterocycles. The van der Waals surface area contributed by atoms with Crippen LogP contribution in [0.3, 0.4) is 0 Å². The average molecular weight is 290 g/mol.